The molecule has 0 saturated carbocycles. The molecule has 1 amide bonds. The molecule has 1 aliphatic rings. The minimum Gasteiger partial charge on any atom is -0.299 e. The maximum atomic E-state index is 12.4. The van der Waals surface area contributed by atoms with Gasteiger partial charge in [-0.05, 0) is 12.1 Å². The van der Waals surface area contributed by atoms with Gasteiger partial charge in [0, 0.05) is 12.3 Å². The third kappa shape index (κ3) is 2.86. The van der Waals surface area contributed by atoms with Gasteiger partial charge in [0.1, 0.15) is 5.78 Å². The molecule has 0 atom stereocenters. The summed E-state index contributed by atoms with van der Waals surface area (Å²) in [6, 6.07) is 9.13. The Hall–Kier alpha value is -1.01. The van der Waals surface area contributed by atoms with Gasteiger partial charge in [-0.15, -0.1) is 0 Å². The molecule has 1 heterocycles. The molecule has 20 heavy (non-hydrogen) atoms. The highest BCUT2D eigenvalue weighted by Crippen LogP contribution is 2.39. The molecule has 0 aliphatic carbocycles. The van der Waals surface area contributed by atoms with Crippen LogP contribution in [0.5, 0.6) is 0 Å². The van der Waals surface area contributed by atoms with Crippen molar-refractivity contribution in [1.29, 1.82) is 0 Å². The number of hydrogen-bond donors (Lipinski definition) is 0. The van der Waals surface area contributed by atoms with Gasteiger partial charge in [0.05, 0.1) is 11.4 Å². The van der Waals surface area contributed by atoms with Crippen LogP contribution in [-0.2, 0) is 9.59 Å². The molecule has 0 radical (unpaired) electrons. The van der Waals surface area contributed by atoms with Crippen molar-refractivity contribution in [2.24, 2.45) is 11.0 Å². The number of ketones is 1. The first-order chi connectivity index (χ1) is 9.34. The van der Waals surface area contributed by atoms with Crippen molar-refractivity contribution in [3.8, 4) is 0 Å². The number of para-hydroxylation sites is 1. The minimum atomic E-state index is -1.10. The van der Waals surface area contributed by atoms with E-state index in [1.165, 1.54) is 5.01 Å². The van der Waals surface area contributed by atoms with Crippen molar-refractivity contribution in [3.63, 3.8) is 0 Å². The van der Waals surface area contributed by atoms with Crippen LogP contribution in [0.1, 0.15) is 20.3 Å². The molecule has 0 N–H and O–H groups in total. The molecule has 1 aliphatic heterocycles. The number of nitrogens with zero attached hydrogens (tertiary/aromatic N) is 2. The Morgan fingerprint density at radius 2 is 1.90 bits per heavy atom. The predicted octanol–water partition coefficient (Wildman–Crippen LogP) is 3.49. The Labute approximate surface area is 134 Å². The van der Waals surface area contributed by atoms with Crippen molar-refractivity contribution >= 4 is 54.9 Å². The lowest BCUT2D eigenvalue weighted by molar-refractivity contribution is -0.120. The van der Waals surface area contributed by atoms with Crippen LogP contribution >= 0.6 is 31.9 Å². The van der Waals surface area contributed by atoms with Crippen LogP contribution in [0.4, 0.5) is 5.69 Å². The zero-order chi connectivity index (χ0) is 14.9. The normalized spacial score (nSPS) is 17.6. The molecule has 0 saturated heterocycles. The Bertz CT molecular complexity index is 568. The number of anilines is 1. The smallest absolute Gasteiger partial charge is 0.281 e. The van der Waals surface area contributed by atoms with Crippen molar-refractivity contribution in [3.05, 3.63) is 30.3 Å². The van der Waals surface area contributed by atoms with E-state index in [2.05, 4.69) is 37.0 Å². The summed E-state index contributed by atoms with van der Waals surface area (Å²) >= 11 is 6.66. The van der Waals surface area contributed by atoms with Gasteiger partial charge in [-0.1, -0.05) is 63.9 Å². The summed E-state index contributed by atoms with van der Waals surface area (Å²) in [5.74, 6) is -0.292. The summed E-state index contributed by atoms with van der Waals surface area (Å²) in [6.07, 6.45) is 0.142. The Morgan fingerprint density at radius 1 is 1.30 bits per heavy atom. The summed E-state index contributed by atoms with van der Waals surface area (Å²) in [5.41, 5.74) is 1.15. The largest absolute Gasteiger partial charge is 0.299 e. The van der Waals surface area contributed by atoms with Crippen LogP contribution in [0.15, 0.2) is 35.4 Å². The fourth-order valence-corrected chi connectivity index (χ4v) is 2.52. The number of rotatable bonds is 4. The number of halogens is 2. The molecular weight excluding hydrogens is 388 g/mol. The number of carbonyl (C=O) groups excluding carboxylic acids is 2. The van der Waals surface area contributed by atoms with Gasteiger partial charge >= 0.3 is 0 Å². The van der Waals surface area contributed by atoms with E-state index >= 15 is 0 Å². The standard InChI is InChI=1S/C14H14Br2N2O2/c1-9(2)11(19)8-12-14(15,16)13(20)18(17-12)10-6-4-3-5-7-10/h3-7,9H,8H2,1-2H3. The second-order valence-corrected chi connectivity index (χ2v) is 8.31. The SMILES string of the molecule is CC(C)C(=O)CC1=NN(c2ccccc2)C(=O)C1(Br)Br. The van der Waals surface area contributed by atoms with E-state index in [0.717, 1.165) is 0 Å². The monoisotopic (exact) mass is 400 g/mol. The fraction of sp³-hybridized carbons (Fsp3) is 0.357. The van der Waals surface area contributed by atoms with E-state index in [9.17, 15) is 9.59 Å². The van der Waals surface area contributed by atoms with Gasteiger partial charge < -0.3 is 0 Å². The van der Waals surface area contributed by atoms with Gasteiger partial charge in [0.15, 0.2) is 0 Å². The Kier molecular flexibility index (Phi) is 4.44. The lowest BCUT2D eigenvalue weighted by Gasteiger charge is -2.16. The number of alkyl halides is 2. The number of hydrazone groups is 1. The predicted molar refractivity (Wildman–Crippen MR) is 86.4 cm³/mol. The molecule has 4 nitrogen and oxygen atoms in total. The zero-order valence-electron chi connectivity index (χ0n) is 11.1. The molecule has 1 aromatic carbocycles. The summed E-state index contributed by atoms with van der Waals surface area (Å²) in [6.45, 7) is 3.66. The number of benzene rings is 1. The van der Waals surface area contributed by atoms with Crippen LogP contribution in [0.2, 0.25) is 0 Å². The first-order valence-electron chi connectivity index (χ1n) is 6.22. The van der Waals surface area contributed by atoms with Crippen LogP contribution in [-0.4, -0.2) is 20.6 Å². The maximum absolute atomic E-state index is 12.4. The third-order valence-corrected chi connectivity index (χ3v) is 4.62. The summed E-state index contributed by atoms with van der Waals surface area (Å²) in [4.78, 5) is 24.3. The third-order valence-electron chi connectivity index (χ3n) is 3.03. The van der Waals surface area contributed by atoms with Crippen molar-refractivity contribution in [2.75, 3.05) is 5.01 Å². The molecule has 106 valence electrons. The van der Waals surface area contributed by atoms with Crippen LogP contribution < -0.4 is 5.01 Å². The van der Waals surface area contributed by atoms with Gasteiger partial charge in [-0.2, -0.15) is 10.1 Å². The van der Waals surface area contributed by atoms with Crippen LogP contribution in [0.25, 0.3) is 0 Å². The fourth-order valence-electron chi connectivity index (χ4n) is 1.75. The van der Waals surface area contributed by atoms with Crippen molar-refractivity contribution in [2.45, 2.75) is 23.5 Å². The second-order valence-electron chi connectivity index (χ2n) is 4.87. The average Bonchev–Trinajstić information content (AvgIpc) is 2.63. The van der Waals surface area contributed by atoms with E-state index in [1.54, 1.807) is 12.1 Å². The molecule has 1 aromatic rings. The van der Waals surface area contributed by atoms with E-state index in [4.69, 9.17) is 0 Å². The Morgan fingerprint density at radius 3 is 2.45 bits per heavy atom. The highest BCUT2D eigenvalue weighted by Gasteiger charge is 2.48. The summed E-state index contributed by atoms with van der Waals surface area (Å²) < 4.78 is -1.10. The molecule has 2 rings (SSSR count). The quantitative estimate of drug-likeness (QED) is 0.725. The Balaban J connectivity index is 2.31. The van der Waals surface area contributed by atoms with Crippen molar-refractivity contribution < 1.29 is 9.59 Å². The highest BCUT2D eigenvalue weighted by atomic mass is 79.9. The van der Waals surface area contributed by atoms with E-state index in [1.807, 2.05) is 32.0 Å². The van der Waals surface area contributed by atoms with Crippen LogP contribution in [0.3, 0.4) is 0 Å². The number of carbonyl (C=O) groups is 2. The summed E-state index contributed by atoms with van der Waals surface area (Å²) in [7, 11) is 0. The molecule has 0 aromatic heterocycles. The second kappa shape index (κ2) is 5.77. The van der Waals surface area contributed by atoms with E-state index < -0.39 is 3.23 Å². The van der Waals surface area contributed by atoms with Gasteiger partial charge in [-0.25, -0.2) is 0 Å². The molecule has 0 bridgehead atoms. The average molecular weight is 402 g/mol. The molecule has 0 unspecified atom stereocenters. The van der Waals surface area contributed by atoms with Crippen LogP contribution in [0, 0.1) is 5.92 Å². The number of Topliss-reactive ketones (excluding diaryl/α,β-unsaturated/α-hetero) is 1. The summed E-state index contributed by atoms with van der Waals surface area (Å²) in [5, 5.41) is 5.61. The van der Waals surface area contributed by atoms with Gasteiger partial charge in [0.25, 0.3) is 5.91 Å². The van der Waals surface area contributed by atoms with E-state index in [0.29, 0.717) is 11.4 Å². The molecule has 6 heteroatoms. The van der Waals surface area contributed by atoms with E-state index in [-0.39, 0.29) is 24.0 Å². The molecule has 0 fully saturated rings. The minimum absolute atomic E-state index is 0.0507. The zero-order valence-corrected chi connectivity index (χ0v) is 14.3. The van der Waals surface area contributed by atoms with Crippen molar-refractivity contribution in [1.82, 2.24) is 0 Å². The maximum Gasteiger partial charge on any atom is 0.281 e. The number of amides is 1. The lowest BCUT2D eigenvalue weighted by Crippen LogP contribution is -2.36. The first-order valence-corrected chi connectivity index (χ1v) is 7.80. The van der Waals surface area contributed by atoms with Gasteiger partial charge in [-0.3, -0.25) is 9.59 Å². The highest BCUT2D eigenvalue weighted by molar-refractivity contribution is 9.26. The number of hydrogen-bond acceptors (Lipinski definition) is 3. The molecular formula is C14H14Br2N2O2. The molecule has 0 spiro atoms. The topological polar surface area (TPSA) is 49.7 Å². The first kappa shape index (κ1) is 15.4. The van der Waals surface area contributed by atoms with Gasteiger partial charge in [0.2, 0.25) is 3.23 Å². The lowest BCUT2D eigenvalue weighted by atomic mass is 10.0.